The summed E-state index contributed by atoms with van der Waals surface area (Å²) in [5, 5.41) is 20.6. The van der Waals surface area contributed by atoms with Crippen molar-refractivity contribution >= 4 is 38.9 Å². The van der Waals surface area contributed by atoms with Gasteiger partial charge in [-0.05, 0) is 62.6 Å². The van der Waals surface area contributed by atoms with Crippen molar-refractivity contribution in [3.63, 3.8) is 0 Å². The Kier molecular flexibility index (Phi) is 9.70. The van der Waals surface area contributed by atoms with Gasteiger partial charge in [-0.2, -0.15) is 0 Å². The fourth-order valence-electron chi connectivity index (χ4n) is 4.48. The summed E-state index contributed by atoms with van der Waals surface area (Å²) in [4.78, 5) is 15.6. The first-order valence-electron chi connectivity index (χ1n) is 12.3. The number of aliphatic hydroxyl groups is 2. The van der Waals surface area contributed by atoms with Gasteiger partial charge in [-0.25, -0.2) is 8.42 Å². The Morgan fingerprint density at radius 2 is 1.70 bits per heavy atom. The molecule has 2 N–H and O–H groups in total. The zero-order chi connectivity index (χ0) is 27.5. The molecule has 2 aromatic carbocycles. The van der Waals surface area contributed by atoms with Crippen LogP contribution in [0.25, 0.3) is 0 Å². The van der Waals surface area contributed by atoms with Crippen LogP contribution in [0.5, 0.6) is 0 Å². The molecule has 204 valence electrons. The van der Waals surface area contributed by atoms with Crippen LogP contribution in [-0.4, -0.2) is 64.8 Å². The number of carbonyl (C=O) groups is 1. The summed E-state index contributed by atoms with van der Waals surface area (Å²) in [7, 11) is -3.59. The molecule has 0 aromatic heterocycles. The van der Waals surface area contributed by atoms with Crippen molar-refractivity contribution in [3.8, 4) is 0 Å². The van der Waals surface area contributed by atoms with Crippen LogP contribution < -0.4 is 0 Å². The molecule has 0 unspecified atom stereocenters. The second-order valence-corrected chi connectivity index (χ2v) is 14.0. The number of aliphatic hydroxyl groups excluding tert-OH is 2. The Balaban J connectivity index is 2.20. The molecule has 1 heterocycles. The molecular formula is C27H35Cl2NO6S. The highest BCUT2D eigenvalue weighted by atomic mass is 35.5. The number of hydrogen-bond donors (Lipinski definition) is 2. The summed E-state index contributed by atoms with van der Waals surface area (Å²) in [5.41, 5.74) is 1.41. The van der Waals surface area contributed by atoms with E-state index < -0.39 is 57.5 Å². The van der Waals surface area contributed by atoms with Crippen LogP contribution in [0.1, 0.15) is 63.8 Å². The summed E-state index contributed by atoms with van der Waals surface area (Å²) < 4.78 is 31.9. The molecule has 2 aromatic rings. The molecule has 10 heteroatoms. The van der Waals surface area contributed by atoms with Gasteiger partial charge in [0.15, 0.2) is 9.84 Å². The maximum Gasteiger partial charge on any atom is 0.252 e. The summed E-state index contributed by atoms with van der Waals surface area (Å²) in [5.74, 6) is -0.679. The normalized spacial score (nSPS) is 22.6. The van der Waals surface area contributed by atoms with E-state index in [9.17, 15) is 23.4 Å². The van der Waals surface area contributed by atoms with Crippen molar-refractivity contribution in [2.24, 2.45) is 0 Å². The minimum Gasteiger partial charge on any atom is -0.394 e. The number of morpholine rings is 1. The molecule has 1 fully saturated rings. The molecule has 0 radical (unpaired) electrons. The van der Waals surface area contributed by atoms with Crippen molar-refractivity contribution in [3.05, 3.63) is 69.7 Å². The van der Waals surface area contributed by atoms with Crippen LogP contribution in [0.3, 0.4) is 0 Å². The quantitative estimate of drug-likeness (QED) is 0.450. The zero-order valence-corrected chi connectivity index (χ0v) is 23.8. The first-order chi connectivity index (χ1) is 17.3. The lowest BCUT2D eigenvalue weighted by molar-refractivity contribution is -0.182. The number of sulfone groups is 1. The Bertz CT molecular complexity index is 1180. The van der Waals surface area contributed by atoms with E-state index in [1.165, 1.54) is 0 Å². The van der Waals surface area contributed by atoms with Gasteiger partial charge < -0.3 is 19.8 Å². The van der Waals surface area contributed by atoms with E-state index in [2.05, 4.69) is 0 Å². The van der Waals surface area contributed by atoms with Crippen LogP contribution in [0.4, 0.5) is 0 Å². The molecule has 0 saturated carbocycles. The Hall–Kier alpha value is -1.68. The van der Waals surface area contributed by atoms with Gasteiger partial charge in [-0.3, -0.25) is 4.79 Å². The third-order valence-electron chi connectivity index (χ3n) is 6.72. The fraction of sp³-hybridized carbons (Fsp3) is 0.519. The highest BCUT2D eigenvalue weighted by Gasteiger charge is 2.48. The average Bonchev–Trinajstić information content (AvgIpc) is 2.83. The molecule has 0 spiro atoms. The Morgan fingerprint density at radius 3 is 2.24 bits per heavy atom. The summed E-state index contributed by atoms with van der Waals surface area (Å²) in [6.07, 6.45) is -2.76. The van der Waals surface area contributed by atoms with Gasteiger partial charge in [0, 0.05) is 22.5 Å². The standard InChI is InChI=1S/C27H35Cl2NO6S/c1-5-21(16-37(34,35)27(2,3)4)30-24(17-9-11-19(28)12-10-17)25(18-7-6-8-20(29)13-18)36-23(26(30)33)14-22(32)15-31/h6-13,21-25,31-32H,5,14-16H2,1-4H3/t21-,22+,23-,24+,25+/m0/s1. The van der Waals surface area contributed by atoms with E-state index in [0.717, 1.165) is 5.56 Å². The summed E-state index contributed by atoms with van der Waals surface area (Å²) in [6.45, 7) is 6.23. The van der Waals surface area contributed by atoms with Crippen molar-refractivity contribution < 1.29 is 28.2 Å². The number of benzene rings is 2. The van der Waals surface area contributed by atoms with Gasteiger partial charge in [-0.1, -0.05) is 54.4 Å². The molecule has 3 rings (SSSR count). The third kappa shape index (κ3) is 6.85. The predicted octanol–water partition coefficient (Wildman–Crippen LogP) is 4.74. The third-order valence-corrected chi connectivity index (χ3v) is 9.90. The maximum absolute atomic E-state index is 14.0. The average molecular weight is 573 g/mol. The van der Waals surface area contributed by atoms with Crippen LogP contribution in [-0.2, 0) is 19.4 Å². The monoisotopic (exact) mass is 571 g/mol. The number of rotatable bonds is 9. The van der Waals surface area contributed by atoms with Crippen molar-refractivity contribution in [1.82, 2.24) is 4.90 Å². The smallest absolute Gasteiger partial charge is 0.252 e. The summed E-state index contributed by atoms with van der Waals surface area (Å²) >= 11 is 12.5. The van der Waals surface area contributed by atoms with E-state index in [-0.39, 0.29) is 12.2 Å². The molecule has 5 atom stereocenters. The molecule has 1 saturated heterocycles. The van der Waals surface area contributed by atoms with Gasteiger partial charge in [-0.15, -0.1) is 0 Å². The lowest BCUT2D eigenvalue weighted by atomic mass is 9.89. The lowest BCUT2D eigenvalue weighted by Gasteiger charge is -2.48. The fourth-order valence-corrected chi connectivity index (χ4v) is 6.21. The molecule has 1 aliphatic rings. The molecular weight excluding hydrogens is 537 g/mol. The second kappa shape index (κ2) is 12.0. The Morgan fingerprint density at radius 1 is 1.05 bits per heavy atom. The lowest BCUT2D eigenvalue weighted by Crippen LogP contribution is -2.57. The van der Waals surface area contributed by atoms with Crippen molar-refractivity contribution in [2.75, 3.05) is 12.4 Å². The Labute approximate surface area is 229 Å². The van der Waals surface area contributed by atoms with Crippen LogP contribution >= 0.6 is 23.2 Å². The van der Waals surface area contributed by atoms with Gasteiger partial charge in [0.2, 0.25) is 0 Å². The summed E-state index contributed by atoms with van der Waals surface area (Å²) in [6, 6.07) is 12.7. The first kappa shape index (κ1) is 29.9. The second-order valence-electron chi connectivity index (χ2n) is 10.4. The topological polar surface area (TPSA) is 104 Å². The van der Waals surface area contributed by atoms with Gasteiger partial charge in [0.1, 0.15) is 12.2 Å². The van der Waals surface area contributed by atoms with Crippen LogP contribution in [0, 0.1) is 0 Å². The van der Waals surface area contributed by atoms with Crippen molar-refractivity contribution in [1.29, 1.82) is 0 Å². The van der Waals surface area contributed by atoms with Gasteiger partial charge in [0.25, 0.3) is 5.91 Å². The maximum atomic E-state index is 14.0. The van der Waals surface area contributed by atoms with E-state index in [1.807, 2.05) is 13.0 Å². The molecule has 0 bridgehead atoms. The number of amides is 1. The molecule has 1 amide bonds. The van der Waals surface area contributed by atoms with E-state index in [0.29, 0.717) is 22.0 Å². The predicted molar refractivity (Wildman–Crippen MR) is 145 cm³/mol. The van der Waals surface area contributed by atoms with Crippen LogP contribution in [0.15, 0.2) is 48.5 Å². The molecule has 0 aliphatic carbocycles. The highest BCUT2D eigenvalue weighted by molar-refractivity contribution is 7.92. The number of nitrogens with zero attached hydrogens (tertiary/aromatic N) is 1. The van der Waals surface area contributed by atoms with E-state index in [1.54, 1.807) is 68.1 Å². The molecule has 37 heavy (non-hydrogen) atoms. The van der Waals surface area contributed by atoms with E-state index in [4.69, 9.17) is 27.9 Å². The van der Waals surface area contributed by atoms with E-state index >= 15 is 0 Å². The molecule has 7 nitrogen and oxygen atoms in total. The zero-order valence-electron chi connectivity index (χ0n) is 21.5. The van der Waals surface area contributed by atoms with Crippen molar-refractivity contribution in [2.45, 2.75) is 75.7 Å². The minimum atomic E-state index is -3.59. The largest absolute Gasteiger partial charge is 0.394 e. The van der Waals surface area contributed by atoms with Gasteiger partial charge in [0.05, 0.1) is 29.3 Å². The van der Waals surface area contributed by atoms with Crippen LogP contribution in [0.2, 0.25) is 10.0 Å². The number of carbonyl (C=O) groups excluding carboxylic acids is 1. The SMILES string of the molecule is CC[C@@H](CS(=O)(=O)C(C)(C)C)N1C(=O)[C@H](C[C@@H](O)CO)O[C@H](c2cccc(Cl)c2)[C@H]1c1ccc(Cl)cc1. The van der Waals surface area contributed by atoms with Gasteiger partial charge >= 0.3 is 0 Å². The highest BCUT2D eigenvalue weighted by Crippen LogP contribution is 2.45. The first-order valence-corrected chi connectivity index (χ1v) is 14.7. The number of ether oxygens (including phenoxy) is 1. The molecule has 1 aliphatic heterocycles. The number of halogens is 2. The number of hydrogen-bond acceptors (Lipinski definition) is 6. The minimum absolute atomic E-state index is 0.140.